The summed E-state index contributed by atoms with van der Waals surface area (Å²) in [6.45, 7) is 4.74. The molecule has 0 heterocycles. The summed E-state index contributed by atoms with van der Waals surface area (Å²) >= 11 is 3.35. The van der Waals surface area contributed by atoms with Gasteiger partial charge in [0.05, 0.1) is 17.5 Å². The van der Waals surface area contributed by atoms with E-state index in [4.69, 9.17) is 9.88 Å². The lowest BCUT2D eigenvalue weighted by Crippen LogP contribution is -2.30. The van der Waals surface area contributed by atoms with E-state index in [1.54, 1.807) is 13.2 Å². The van der Waals surface area contributed by atoms with Crippen LogP contribution in [0.5, 0.6) is 0 Å². The van der Waals surface area contributed by atoms with Crippen LogP contribution in [0.2, 0.25) is 0 Å². The van der Waals surface area contributed by atoms with Gasteiger partial charge in [-0.25, -0.2) is 13.6 Å². The first-order chi connectivity index (χ1) is 8.75. The molecule has 0 fully saturated rings. The fourth-order valence-corrected chi connectivity index (χ4v) is 2.75. The molecule has 3 N–H and O–H groups in total. The number of nitrogens with two attached hydrogens (primary N) is 1. The van der Waals surface area contributed by atoms with Crippen LogP contribution < -0.4 is 10.5 Å². The molecule has 0 saturated heterocycles. The number of nitrogens with one attached hydrogen (secondary N) is 1. The van der Waals surface area contributed by atoms with Crippen molar-refractivity contribution < 1.29 is 13.2 Å². The summed E-state index contributed by atoms with van der Waals surface area (Å²) in [7, 11) is -2.03. The molecule has 1 atom stereocenters. The third-order valence-corrected chi connectivity index (χ3v) is 4.33. The first-order valence-corrected chi connectivity index (χ1v) is 8.17. The molecule has 1 aromatic carbocycles. The molecule has 0 aliphatic heterocycles. The number of rotatable bonds is 6. The lowest BCUT2D eigenvalue weighted by atomic mass is 10.1. The van der Waals surface area contributed by atoms with Crippen LogP contribution in [0.4, 0.5) is 5.69 Å². The fraction of sp³-hybridized carbons (Fsp3) is 0.500. The monoisotopic (exact) mass is 350 g/mol. The van der Waals surface area contributed by atoms with Gasteiger partial charge in [0, 0.05) is 17.3 Å². The second-order valence-electron chi connectivity index (χ2n) is 4.64. The smallest absolute Gasteiger partial charge is 0.238 e. The molecular weight excluding hydrogens is 332 g/mol. The van der Waals surface area contributed by atoms with Crippen LogP contribution in [-0.2, 0) is 14.8 Å². The Bertz CT molecular complexity index is 532. The molecule has 1 rings (SSSR count). The first kappa shape index (κ1) is 16.4. The minimum Gasteiger partial charge on any atom is -0.383 e. The van der Waals surface area contributed by atoms with Gasteiger partial charge in [0.25, 0.3) is 0 Å². The van der Waals surface area contributed by atoms with E-state index < -0.39 is 10.0 Å². The van der Waals surface area contributed by atoms with Crippen molar-refractivity contribution in [2.45, 2.75) is 24.8 Å². The van der Waals surface area contributed by atoms with Gasteiger partial charge in [-0.1, -0.05) is 13.8 Å². The maximum absolute atomic E-state index is 11.2. The third kappa shape index (κ3) is 4.76. The van der Waals surface area contributed by atoms with Gasteiger partial charge in [-0.3, -0.25) is 0 Å². The molecule has 0 amide bonds. The highest BCUT2D eigenvalue weighted by Crippen LogP contribution is 2.26. The maximum Gasteiger partial charge on any atom is 0.238 e. The van der Waals surface area contributed by atoms with Crippen molar-refractivity contribution in [3.63, 3.8) is 0 Å². The van der Waals surface area contributed by atoms with Gasteiger partial charge in [-0.15, -0.1) is 0 Å². The van der Waals surface area contributed by atoms with E-state index in [1.807, 2.05) is 0 Å². The van der Waals surface area contributed by atoms with Crippen LogP contribution in [0.1, 0.15) is 13.8 Å². The van der Waals surface area contributed by atoms with E-state index in [2.05, 4.69) is 35.1 Å². The Balaban J connectivity index is 2.97. The lowest BCUT2D eigenvalue weighted by molar-refractivity contribution is 0.171. The number of halogens is 1. The second-order valence-corrected chi connectivity index (χ2v) is 7.05. The average molecular weight is 351 g/mol. The summed E-state index contributed by atoms with van der Waals surface area (Å²) in [4.78, 5) is 0.0813. The molecule has 0 aromatic heterocycles. The van der Waals surface area contributed by atoms with Crippen LogP contribution in [-0.4, -0.2) is 28.2 Å². The largest absolute Gasteiger partial charge is 0.383 e. The number of ether oxygens (including phenoxy) is 1. The molecule has 0 bridgehead atoms. The van der Waals surface area contributed by atoms with Gasteiger partial charge in [0.2, 0.25) is 10.0 Å². The topological polar surface area (TPSA) is 81.4 Å². The van der Waals surface area contributed by atoms with Crippen LogP contribution in [0.3, 0.4) is 0 Å². The maximum atomic E-state index is 11.2. The van der Waals surface area contributed by atoms with Crippen molar-refractivity contribution in [1.29, 1.82) is 0 Å². The molecule has 0 saturated carbocycles. The summed E-state index contributed by atoms with van der Waals surface area (Å²) in [6.07, 6.45) is 0. The number of hydrogen-bond donors (Lipinski definition) is 2. The minimum atomic E-state index is -3.68. The van der Waals surface area contributed by atoms with Gasteiger partial charge in [0.15, 0.2) is 0 Å². The highest BCUT2D eigenvalue weighted by atomic mass is 79.9. The molecule has 0 spiro atoms. The van der Waals surface area contributed by atoms with E-state index in [9.17, 15) is 8.42 Å². The number of hydrogen-bond acceptors (Lipinski definition) is 4. The minimum absolute atomic E-state index is 0.0813. The number of anilines is 1. The zero-order valence-corrected chi connectivity index (χ0v) is 13.6. The van der Waals surface area contributed by atoms with Gasteiger partial charge in [-0.05, 0) is 40.0 Å². The normalized spacial score (nSPS) is 13.6. The average Bonchev–Trinajstić information content (AvgIpc) is 2.29. The van der Waals surface area contributed by atoms with Crippen LogP contribution in [0.15, 0.2) is 27.6 Å². The Morgan fingerprint density at radius 3 is 2.47 bits per heavy atom. The highest BCUT2D eigenvalue weighted by Gasteiger charge is 2.16. The van der Waals surface area contributed by atoms with Gasteiger partial charge in [0.1, 0.15) is 0 Å². The van der Waals surface area contributed by atoms with E-state index in [0.29, 0.717) is 17.0 Å². The van der Waals surface area contributed by atoms with Crippen LogP contribution in [0.25, 0.3) is 0 Å². The molecule has 19 heavy (non-hydrogen) atoms. The third-order valence-electron chi connectivity index (χ3n) is 2.76. The zero-order valence-electron chi connectivity index (χ0n) is 11.2. The highest BCUT2D eigenvalue weighted by molar-refractivity contribution is 9.10. The Hall–Kier alpha value is -0.630. The molecule has 5 nitrogen and oxygen atoms in total. The Morgan fingerprint density at radius 1 is 1.42 bits per heavy atom. The number of primary sulfonamides is 1. The molecule has 0 radical (unpaired) electrons. The lowest BCUT2D eigenvalue weighted by Gasteiger charge is -2.23. The van der Waals surface area contributed by atoms with Crippen molar-refractivity contribution >= 4 is 31.6 Å². The summed E-state index contributed by atoms with van der Waals surface area (Å²) in [5.41, 5.74) is 0.808. The molecule has 1 unspecified atom stereocenters. The number of sulfonamides is 1. The Labute approximate surface area is 122 Å². The summed E-state index contributed by atoms with van der Waals surface area (Å²) in [5.74, 6) is 0.379. The molecule has 108 valence electrons. The van der Waals surface area contributed by atoms with Crippen molar-refractivity contribution in [2.75, 3.05) is 19.0 Å². The quantitative estimate of drug-likeness (QED) is 0.823. The van der Waals surface area contributed by atoms with E-state index in [-0.39, 0.29) is 10.9 Å². The van der Waals surface area contributed by atoms with Gasteiger partial charge < -0.3 is 10.1 Å². The molecule has 0 aliphatic carbocycles. The SMILES string of the molecule is COCC(Nc1ccc(S(N)(=O)=O)cc1Br)C(C)C. The van der Waals surface area contributed by atoms with Crippen LogP contribution >= 0.6 is 15.9 Å². The fourth-order valence-electron chi connectivity index (χ4n) is 1.57. The molecular formula is C12H19BrN2O3S. The molecule has 1 aromatic rings. The van der Waals surface area contributed by atoms with Crippen molar-refractivity contribution in [1.82, 2.24) is 0 Å². The number of methoxy groups -OCH3 is 1. The van der Waals surface area contributed by atoms with Crippen LogP contribution in [0, 0.1) is 5.92 Å². The predicted octanol–water partition coefficient (Wildman–Crippen LogP) is 2.18. The molecule has 0 aliphatic rings. The van der Waals surface area contributed by atoms with E-state index in [0.717, 1.165) is 5.69 Å². The number of benzene rings is 1. The van der Waals surface area contributed by atoms with E-state index in [1.165, 1.54) is 12.1 Å². The summed E-state index contributed by atoms with van der Waals surface area (Å²) < 4.78 is 28.3. The predicted molar refractivity (Wildman–Crippen MR) is 79.6 cm³/mol. The summed E-state index contributed by atoms with van der Waals surface area (Å²) in [5, 5.41) is 8.40. The van der Waals surface area contributed by atoms with E-state index >= 15 is 0 Å². The van der Waals surface area contributed by atoms with Gasteiger partial charge in [-0.2, -0.15) is 0 Å². The standard InChI is InChI=1S/C12H19BrN2O3S/c1-8(2)12(7-18-3)15-11-5-4-9(6-10(11)13)19(14,16)17/h4-6,8,12,15H,7H2,1-3H3,(H2,14,16,17). The Morgan fingerprint density at radius 2 is 2.05 bits per heavy atom. The first-order valence-electron chi connectivity index (χ1n) is 5.83. The van der Waals surface area contributed by atoms with Gasteiger partial charge >= 0.3 is 0 Å². The van der Waals surface area contributed by atoms with Crippen molar-refractivity contribution in [3.05, 3.63) is 22.7 Å². The zero-order chi connectivity index (χ0) is 14.6. The molecule has 7 heteroatoms. The Kier molecular flexibility index (Phi) is 5.79. The van der Waals surface area contributed by atoms with Crippen molar-refractivity contribution in [2.24, 2.45) is 11.1 Å². The van der Waals surface area contributed by atoms with Crippen molar-refractivity contribution in [3.8, 4) is 0 Å². The second kappa shape index (κ2) is 6.69. The summed E-state index contributed by atoms with van der Waals surface area (Å²) in [6, 6.07) is 4.80.